The normalized spacial score (nSPS) is 10.5. The quantitative estimate of drug-likeness (QED) is 0.127. The van der Waals surface area contributed by atoms with Gasteiger partial charge in [0.2, 0.25) is 0 Å². The zero-order chi connectivity index (χ0) is 26.6. The maximum absolute atomic E-state index is 11.5. The van der Waals surface area contributed by atoms with Gasteiger partial charge >= 0.3 is 11.9 Å². The Bertz CT molecular complexity index is 1120. The van der Waals surface area contributed by atoms with Crippen LogP contribution in [-0.2, 0) is 19.1 Å². The Morgan fingerprint density at radius 2 is 0.973 bits per heavy atom. The van der Waals surface area contributed by atoms with E-state index in [2.05, 4.69) is 25.3 Å². The minimum absolute atomic E-state index is 0.0114. The second-order valence-corrected chi connectivity index (χ2v) is 8.51. The van der Waals surface area contributed by atoms with Gasteiger partial charge in [-0.05, 0) is 54.8 Å². The van der Waals surface area contributed by atoms with E-state index in [1.54, 1.807) is 13.8 Å². The van der Waals surface area contributed by atoms with Crippen LogP contribution in [0.2, 0.25) is 0 Å². The first kappa shape index (κ1) is 27.3. The van der Waals surface area contributed by atoms with E-state index in [0.29, 0.717) is 22.6 Å². The van der Waals surface area contributed by atoms with Gasteiger partial charge in [0.25, 0.3) is 0 Å². The molecule has 0 saturated carbocycles. The fraction of sp³-hybridized carbons (Fsp3) is 0.226. The fourth-order valence-electron chi connectivity index (χ4n) is 3.57. The van der Waals surface area contributed by atoms with Crippen molar-refractivity contribution in [3.8, 4) is 11.5 Å². The van der Waals surface area contributed by atoms with Gasteiger partial charge in [0.05, 0.1) is 0 Å². The molecule has 0 aliphatic carbocycles. The molecular weight excluding hydrogens is 468 g/mol. The van der Waals surface area contributed by atoms with Gasteiger partial charge in [0, 0.05) is 17.1 Å². The second kappa shape index (κ2) is 13.7. The van der Waals surface area contributed by atoms with Crippen molar-refractivity contribution in [2.45, 2.75) is 19.8 Å². The number of ether oxygens (including phenoxy) is 4. The number of hydrogen-bond donors (Lipinski definition) is 0. The zero-order valence-corrected chi connectivity index (χ0v) is 21.3. The average molecular weight is 501 g/mol. The first-order chi connectivity index (χ1) is 17.8. The number of esters is 2. The predicted octanol–water partition coefficient (Wildman–Crippen LogP) is 5.86. The van der Waals surface area contributed by atoms with Crippen molar-refractivity contribution >= 4 is 11.9 Å². The summed E-state index contributed by atoms with van der Waals surface area (Å²) < 4.78 is 21.6. The average Bonchev–Trinajstić information content (AvgIpc) is 2.91. The Morgan fingerprint density at radius 1 is 0.595 bits per heavy atom. The molecule has 0 heterocycles. The summed E-state index contributed by atoms with van der Waals surface area (Å²) in [5.74, 6) is 0.549. The van der Waals surface area contributed by atoms with Crippen LogP contribution in [0.15, 0.2) is 103 Å². The number of carbonyl (C=O) groups is 2. The highest BCUT2D eigenvalue weighted by molar-refractivity contribution is 5.87. The predicted molar refractivity (Wildman–Crippen MR) is 143 cm³/mol. The third-order valence-electron chi connectivity index (χ3n) is 5.43. The van der Waals surface area contributed by atoms with Crippen LogP contribution in [0, 0.1) is 0 Å². The number of rotatable bonds is 13. The summed E-state index contributed by atoms with van der Waals surface area (Å²) in [7, 11) is 0. The lowest BCUT2D eigenvalue weighted by molar-refractivity contribution is -0.140. The van der Waals surface area contributed by atoms with Crippen molar-refractivity contribution in [2.75, 3.05) is 26.4 Å². The molecule has 0 unspecified atom stereocenters. The van der Waals surface area contributed by atoms with Crippen LogP contribution < -0.4 is 9.47 Å². The lowest BCUT2D eigenvalue weighted by Crippen LogP contribution is -2.12. The number of carbonyl (C=O) groups excluding carboxylic acids is 2. The molecule has 6 heteroatoms. The van der Waals surface area contributed by atoms with Crippen LogP contribution in [0.3, 0.4) is 0 Å². The van der Waals surface area contributed by atoms with E-state index in [1.165, 1.54) is 0 Å². The van der Waals surface area contributed by atoms with Gasteiger partial charge in [0.15, 0.2) is 0 Å². The number of benzene rings is 3. The Labute approximate surface area is 218 Å². The van der Waals surface area contributed by atoms with Crippen LogP contribution >= 0.6 is 0 Å². The van der Waals surface area contributed by atoms with E-state index in [0.717, 1.165) is 16.7 Å². The molecule has 3 rings (SSSR count). The maximum atomic E-state index is 11.5. The molecule has 0 fully saturated rings. The molecule has 0 aliphatic rings. The Balaban J connectivity index is 1.66. The van der Waals surface area contributed by atoms with Crippen molar-refractivity contribution in [1.82, 2.24) is 0 Å². The third kappa shape index (κ3) is 8.39. The van der Waals surface area contributed by atoms with Gasteiger partial charge in [-0.25, -0.2) is 9.59 Å². The van der Waals surface area contributed by atoms with Crippen molar-refractivity contribution in [3.63, 3.8) is 0 Å². The Kier molecular flexibility index (Phi) is 10.1. The van der Waals surface area contributed by atoms with Crippen molar-refractivity contribution in [3.05, 3.63) is 120 Å². The Morgan fingerprint density at radius 3 is 1.35 bits per heavy atom. The van der Waals surface area contributed by atoms with Gasteiger partial charge in [0.1, 0.15) is 37.9 Å². The standard InChI is InChI=1S/C31H32O6/c1-22(2)30(32)36-20-18-34-27-14-10-25(11-15-27)29(24-8-6-5-7-9-24)26-12-16-28(17-13-26)35-19-21-37-31(33)23(3)4/h5-17,29H,1,3,18-21H2,2,4H3. The summed E-state index contributed by atoms with van der Waals surface area (Å²) in [6.07, 6.45) is 0. The summed E-state index contributed by atoms with van der Waals surface area (Å²) in [5, 5.41) is 0. The minimum atomic E-state index is -0.424. The summed E-state index contributed by atoms with van der Waals surface area (Å²) in [5.41, 5.74) is 4.09. The first-order valence-electron chi connectivity index (χ1n) is 12.0. The van der Waals surface area contributed by atoms with Crippen LogP contribution in [0.5, 0.6) is 11.5 Å². The topological polar surface area (TPSA) is 71.1 Å². The summed E-state index contributed by atoms with van der Waals surface area (Å²) >= 11 is 0. The highest BCUT2D eigenvalue weighted by atomic mass is 16.6. The van der Waals surface area contributed by atoms with E-state index in [4.69, 9.17) is 18.9 Å². The van der Waals surface area contributed by atoms with E-state index in [9.17, 15) is 9.59 Å². The first-order valence-corrected chi connectivity index (χ1v) is 12.0. The van der Waals surface area contributed by atoms with Gasteiger partial charge in [-0.15, -0.1) is 0 Å². The summed E-state index contributed by atoms with van der Waals surface area (Å²) in [4.78, 5) is 22.9. The SMILES string of the molecule is C=C(C)C(=O)OCCOc1ccc(C(c2ccccc2)c2ccc(OCCOC(=O)C(=C)C)cc2)cc1. The van der Waals surface area contributed by atoms with E-state index in [-0.39, 0.29) is 32.3 Å². The molecule has 3 aromatic carbocycles. The van der Waals surface area contributed by atoms with Crippen molar-refractivity contribution in [2.24, 2.45) is 0 Å². The molecule has 0 bridgehead atoms. The van der Waals surface area contributed by atoms with Gasteiger partial charge in [-0.1, -0.05) is 67.8 Å². The molecule has 0 spiro atoms. The van der Waals surface area contributed by atoms with Crippen LogP contribution in [0.25, 0.3) is 0 Å². The van der Waals surface area contributed by atoms with Crippen molar-refractivity contribution in [1.29, 1.82) is 0 Å². The molecule has 0 saturated heterocycles. The maximum Gasteiger partial charge on any atom is 0.333 e. The van der Waals surface area contributed by atoms with Gasteiger partial charge in [-0.2, -0.15) is 0 Å². The van der Waals surface area contributed by atoms with Crippen molar-refractivity contribution < 1.29 is 28.5 Å². The lowest BCUT2D eigenvalue weighted by Gasteiger charge is -2.20. The second-order valence-electron chi connectivity index (χ2n) is 8.51. The largest absolute Gasteiger partial charge is 0.490 e. The monoisotopic (exact) mass is 500 g/mol. The fourth-order valence-corrected chi connectivity index (χ4v) is 3.57. The van der Waals surface area contributed by atoms with Crippen LogP contribution in [0.4, 0.5) is 0 Å². The molecular formula is C31H32O6. The summed E-state index contributed by atoms with van der Waals surface area (Å²) in [6, 6.07) is 26.0. The van der Waals surface area contributed by atoms with E-state index in [1.807, 2.05) is 66.7 Å². The molecule has 0 atom stereocenters. The smallest absolute Gasteiger partial charge is 0.333 e. The molecule has 6 nitrogen and oxygen atoms in total. The molecule has 3 aromatic rings. The highest BCUT2D eigenvalue weighted by Crippen LogP contribution is 2.33. The molecule has 0 amide bonds. The third-order valence-corrected chi connectivity index (χ3v) is 5.43. The van der Waals surface area contributed by atoms with Gasteiger partial charge in [-0.3, -0.25) is 0 Å². The number of hydrogen-bond acceptors (Lipinski definition) is 6. The van der Waals surface area contributed by atoms with Gasteiger partial charge < -0.3 is 18.9 Å². The van der Waals surface area contributed by atoms with Crippen LogP contribution in [0.1, 0.15) is 36.5 Å². The summed E-state index contributed by atoms with van der Waals surface area (Å²) in [6.45, 7) is 11.2. The van der Waals surface area contributed by atoms with E-state index < -0.39 is 11.9 Å². The zero-order valence-electron chi connectivity index (χ0n) is 21.3. The molecule has 192 valence electrons. The molecule has 0 aromatic heterocycles. The van der Waals surface area contributed by atoms with Crippen LogP contribution in [-0.4, -0.2) is 38.4 Å². The molecule has 0 radical (unpaired) electrons. The molecule has 0 N–H and O–H groups in total. The molecule has 37 heavy (non-hydrogen) atoms. The highest BCUT2D eigenvalue weighted by Gasteiger charge is 2.17. The van der Waals surface area contributed by atoms with E-state index >= 15 is 0 Å². The lowest BCUT2D eigenvalue weighted by atomic mass is 9.85. The minimum Gasteiger partial charge on any atom is -0.490 e. The Hall–Kier alpha value is -4.32. The molecule has 0 aliphatic heterocycles.